The zero-order valence-electron chi connectivity index (χ0n) is 17.1. The summed E-state index contributed by atoms with van der Waals surface area (Å²) in [6.07, 6.45) is 3.91. The summed E-state index contributed by atoms with van der Waals surface area (Å²) in [7, 11) is 5.03. The highest BCUT2D eigenvalue weighted by atomic mass is 35.5. The van der Waals surface area contributed by atoms with Crippen LogP contribution in [0.3, 0.4) is 0 Å². The van der Waals surface area contributed by atoms with Crippen molar-refractivity contribution in [3.63, 3.8) is 0 Å². The first-order chi connectivity index (χ1) is 14.7. The van der Waals surface area contributed by atoms with Gasteiger partial charge in [0.2, 0.25) is 0 Å². The van der Waals surface area contributed by atoms with Gasteiger partial charge < -0.3 is 19.5 Å². The molecule has 0 saturated heterocycles. The minimum atomic E-state index is -0.561. The Morgan fingerprint density at radius 1 is 1.35 bits per heavy atom. The lowest BCUT2D eigenvalue weighted by molar-refractivity contribution is 0.101. The van der Waals surface area contributed by atoms with E-state index in [2.05, 4.69) is 15.5 Å². The molecule has 1 aliphatic carbocycles. The number of anilines is 1. The van der Waals surface area contributed by atoms with E-state index in [1.165, 1.54) is 34.1 Å². The highest BCUT2D eigenvalue weighted by molar-refractivity contribution is 6.31. The molecule has 1 aromatic carbocycles. The molecule has 162 valence electrons. The van der Waals surface area contributed by atoms with Crippen LogP contribution < -0.4 is 10.1 Å². The SMILES string of the molecule is CN(C(=O)Oc1cnn(C)n1)C1CCc2c1cn(C)c2C(=O)Nc1ccc(F)c(Cl)c1. The summed E-state index contributed by atoms with van der Waals surface area (Å²) in [5, 5.41) is 10.5. The van der Waals surface area contributed by atoms with Gasteiger partial charge in [0.15, 0.2) is 0 Å². The van der Waals surface area contributed by atoms with Crippen molar-refractivity contribution < 1.29 is 18.7 Å². The van der Waals surface area contributed by atoms with Crippen molar-refractivity contribution in [3.8, 4) is 5.88 Å². The number of nitrogens with zero attached hydrogens (tertiary/aromatic N) is 5. The molecule has 0 fully saturated rings. The van der Waals surface area contributed by atoms with Gasteiger partial charge in [0.05, 0.1) is 11.1 Å². The number of amides is 2. The van der Waals surface area contributed by atoms with E-state index in [4.69, 9.17) is 16.3 Å². The van der Waals surface area contributed by atoms with E-state index in [1.54, 1.807) is 25.7 Å². The number of rotatable bonds is 4. The summed E-state index contributed by atoms with van der Waals surface area (Å²) < 4.78 is 20.4. The first-order valence-electron chi connectivity index (χ1n) is 9.50. The molecule has 0 spiro atoms. The zero-order chi connectivity index (χ0) is 22.3. The van der Waals surface area contributed by atoms with Crippen LogP contribution in [0.2, 0.25) is 5.02 Å². The Bertz CT molecular complexity index is 1170. The maximum Gasteiger partial charge on any atom is 0.416 e. The summed E-state index contributed by atoms with van der Waals surface area (Å²) in [6, 6.07) is 3.76. The Kier molecular flexibility index (Phi) is 5.40. The minimum Gasteiger partial charge on any atom is -0.388 e. The van der Waals surface area contributed by atoms with Gasteiger partial charge in [-0.05, 0) is 42.2 Å². The van der Waals surface area contributed by atoms with E-state index in [-0.39, 0.29) is 22.9 Å². The second kappa shape index (κ2) is 8.03. The third kappa shape index (κ3) is 3.98. The van der Waals surface area contributed by atoms with E-state index in [0.717, 1.165) is 11.1 Å². The predicted octanol–water partition coefficient (Wildman–Crippen LogP) is 3.32. The lowest BCUT2D eigenvalue weighted by atomic mass is 10.1. The summed E-state index contributed by atoms with van der Waals surface area (Å²) in [5.41, 5.74) is 2.61. The molecule has 2 aromatic heterocycles. The van der Waals surface area contributed by atoms with Gasteiger partial charge in [0.25, 0.3) is 11.8 Å². The number of aromatic nitrogens is 4. The van der Waals surface area contributed by atoms with Gasteiger partial charge in [-0.2, -0.15) is 9.90 Å². The van der Waals surface area contributed by atoms with Crippen LogP contribution in [0.25, 0.3) is 0 Å². The fourth-order valence-corrected chi connectivity index (χ4v) is 3.99. The number of benzene rings is 1. The Hall–Kier alpha value is -3.40. The Morgan fingerprint density at radius 2 is 2.13 bits per heavy atom. The first-order valence-corrected chi connectivity index (χ1v) is 9.88. The van der Waals surface area contributed by atoms with Gasteiger partial charge >= 0.3 is 6.09 Å². The van der Waals surface area contributed by atoms with E-state index in [0.29, 0.717) is 24.2 Å². The Labute approximate surface area is 182 Å². The molecule has 11 heteroatoms. The van der Waals surface area contributed by atoms with Crippen LogP contribution in [0.4, 0.5) is 14.9 Å². The smallest absolute Gasteiger partial charge is 0.388 e. The molecule has 1 N–H and O–H groups in total. The summed E-state index contributed by atoms with van der Waals surface area (Å²) in [5.74, 6) is -0.779. The highest BCUT2D eigenvalue weighted by Crippen LogP contribution is 2.38. The van der Waals surface area contributed by atoms with Crippen molar-refractivity contribution in [2.24, 2.45) is 14.1 Å². The number of hydrogen-bond acceptors (Lipinski definition) is 5. The van der Waals surface area contributed by atoms with Crippen LogP contribution in [-0.4, -0.2) is 43.5 Å². The quantitative estimate of drug-likeness (QED) is 0.663. The average molecular weight is 447 g/mol. The Balaban J connectivity index is 1.52. The van der Waals surface area contributed by atoms with Gasteiger partial charge in [0.1, 0.15) is 17.7 Å². The van der Waals surface area contributed by atoms with Crippen LogP contribution in [0.5, 0.6) is 5.88 Å². The fraction of sp³-hybridized carbons (Fsp3) is 0.300. The molecule has 4 rings (SSSR count). The molecule has 0 radical (unpaired) electrons. The summed E-state index contributed by atoms with van der Waals surface area (Å²) in [6.45, 7) is 0. The number of hydrogen-bond donors (Lipinski definition) is 1. The van der Waals surface area contributed by atoms with Gasteiger partial charge in [0, 0.05) is 33.0 Å². The lowest BCUT2D eigenvalue weighted by Gasteiger charge is -2.23. The monoisotopic (exact) mass is 446 g/mol. The summed E-state index contributed by atoms with van der Waals surface area (Å²) in [4.78, 5) is 28.2. The van der Waals surface area contributed by atoms with Crippen molar-refractivity contribution in [1.82, 2.24) is 24.5 Å². The van der Waals surface area contributed by atoms with Crippen LogP contribution in [0.1, 0.15) is 34.1 Å². The van der Waals surface area contributed by atoms with Crippen LogP contribution in [-0.2, 0) is 20.5 Å². The number of nitrogens with one attached hydrogen (secondary N) is 1. The molecule has 0 saturated carbocycles. The molecule has 9 nitrogen and oxygen atoms in total. The number of carbonyl (C=O) groups excluding carboxylic acids is 2. The second-order valence-electron chi connectivity index (χ2n) is 7.31. The van der Waals surface area contributed by atoms with Crippen molar-refractivity contribution in [3.05, 3.63) is 58.3 Å². The molecule has 2 amide bonds. The molecule has 0 aliphatic heterocycles. The Morgan fingerprint density at radius 3 is 2.81 bits per heavy atom. The standard InChI is InChI=1S/C20H20ClFN6O3/c1-26-10-13-12(18(26)19(29)24-11-4-6-15(22)14(21)8-11)5-7-16(13)27(2)20(30)31-17-9-23-28(3)25-17/h4,6,8-10,16H,5,7H2,1-3H3,(H,24,29). The molecule has 3 aromatic rings. The van der Waals surface area contributed by atoms with Crippen molar-refractivity contribution in [1.29, 1.82) is 0 Å². The van der Waals surface area contributed by atoms with Crippen molar-refractivity contribution in [2.75, 3.05) is 12.4 Å². The number of ether oxygens (including phenoxy) is 1. The van der Waals surface area contributed by atoms with E-state index in [1.807, 2.05) is 6.20 Å². The predicted molar refractivity (Wildman–Crippen MR) is 111 cm³/mol. The number of carbonyl (C=O) groups is 2. The molecule has 2 heterocycles. The maximum atomic E-state index is 13.4. The fourth-order valence-electron chi connectivity index (χ4n) is 3.81. The lowest BCUT2D eigenvalue weighted by Crippen LogP contribution is -2.32. The molecule has 1 atom stereocenters. The van der Waals surface area contributed by atoms with E-state index >= 15 is 0 Å². The zero-order valence-corrected chi connectivity index (χ0v) is 17.9. The van der Waals surface area contributed by atoms with E-state index in [9.17, 15) is 14.0 Å². The van der Waals surface area contributed by atoms with Gasteiger partial charge in [-0.15, -0.1) is 5.10 Å². The molecule has 0 bridgehead atoms. The van der Waals surface area contributed by atoms with Crippen LogP contribution >= 0.6 is 11.6 Å². The summed E-state index contributed by atoms with van der Waals surface area (Å²) >= 11 is 5.80. The largest absolute Gasteiger partial charge is 0.416 e. The highest BCUT2D eigenvalue weighted by Gasteiger charge is 2.35. The molecule has 1 aliphatic rings. The van der Waals surface area contributed by atoms with Gasteiger partial charge in [-0.3, -0.25) is 4.79 Å². The third-order valence-electron chi connectivity index (χ3n) is 5.27. The van der Waals surface area contributed by atoms with Crippen LogP contribution in [0, 0.1) is 5.82 Å². The normalized spacial score (nSPS) is 14.9. The number of halogens is 2. The molecule has 31 heavy (non-hydrogen) atoms. The number of fused-ring (bicyclic) bond motifs is 1. The first kappa shape index (κ1) is 20.9. The molecule has 1 unspecified atom stereocenters. The minimum absolute atomic E-state index is 0.0711. The van der Waals surface area contributed by atoms with Crippen molar-refractivity contribution in [2.45, 2.75) is 18.9 Å². The third-order valence-corrected chi connectivity index (χ3v) is 5.55. The van der Waals surface area contributed by atoms with Gasteiger partial charge in [-0.25, -0.2) is 9.18 Å². The topological polar surface area (TPSA) is 94.3 Å². The number of aryl methyl sites for hydroxylation is 2. The van der Waals surface area contributed by atoms with Crippen LogP contribution in [0.15, 0.2) is 30.6 Å². The molecular weight excluding hydrogens is 427 g/mol. The van der Waals surface area contributed by atoms with E-state index < -0.39 is 11.9 Å². The molecular formula is C20H20ClFN6O3. The van der Waals surface area contributed by atoms with Crippen molar-refractivity contribution >= 4 is 29.3 Å². The van der Waals surface area contributed by atoms with Gasteiger partial charge in [-0.1, -0.05) is 11.6 Å². The average Bonchev–Trinajstić information content (AvgIpc) is 3.38. The second-order valence-corrected chi connectivity index (χ2v) is 7.72. The maximum absolute atomic E-state index is 13.4.